The van der Waals surface area contributed by atoms with Gasteiger partial charge >= 0.3 is 5.97 Å². The fourth-order valence-electron chi connectivity index (χ4n) is 0.144. The highest BCUT2D eigenvalue weighted by Crippen LogP contribution is 1.67. The molecule has 4 nitrogen and oxygen atoms in total. The number of hydrogen-bond acceptors (Lipinski definition) is 3. The monoisotopic (exact) mass is 148 g/mol. The summed E-state index contributed by atoms with van der Waals surface area (Å²) < 4.78 is 0. The molecule has 0 aliphatic heterocycles. The molecule has 0 aliphatic carbocycles. The van der Waals surface area contributed by atoms with Crippen molar-refractivity contribution in [2.45, 2.75) is 13.3 Å². The van der Waals surface area contributed by atoms with Crippen LogP contribution in [-0.4, -0.2) is 31.2 Å². The molecule has 0 saturated heterocycles. The first-order valence-corrected chi connectivity index (χ1v) is 3.25. The van der Waals surface area contributed by atoms with Gasteiger partial charge in [0.05, 0.1) is 0 Å². The van der Waals surface area contributed by atoms with Gasteiger partial charge in [-0.2, -0.15) is 0 Å². The average molecular weight is 148 g/mol. The molecule has 0 atom stereocenters. The first kappa shape index (κ1) is 12.1. The Bertz CT molecular complexity index is 74.1. The molecule has 4 N–H and O–H groups in total. The van der Waals surface area contributed by atoms with E-state index in [0.29, 0.717) is 0 Å². The van der Waals surface area contributed by atoms with Crippen molar-refractivity contribution in [2.24, 2.45) is 5.73 Å². The van der Waals surface area contributed by atoms with Crippen molar-refractivity contribution in [3.8, 4) is 0 Å². The third-order valence-electron chi connectivity index (χ3n) is 0.697. The molecule has 0 aromatic carbocycles. The van der Waals surface area contributed by atoms with E-state index < -0.39 is 5.97 Å². The molecule has 0 aromatic heterocycles. The lowest BCUT2D eigenvalue weighted by Crippen LogP contribution is -2.17. The Balaban J connectivity index is 0. The van der Waals surface area contributed by atoms with Crippen molar-refractivity contribution in [1.82, 2.24) is 5.32 Å². The topological polar surface area (TPSA) is 75.3 Å². The molecule has 0 spiro atoms. The van der Waals surface area contributed by atoms with Crippen molar-refractivity contribution in [1.29, 1.82) is 0 Å². The minimum atomic E-state index is -0.745. The van der Waals surface area contributed by atoms with E-state index in [9.17, 15) is 4.79 Å². The smallest absolute Gasteiger partial charge is 0.303 e. The van der Waals surface area contributed by atoms with Crippen LogP contribution in [0, 0.1) is 0 Å². The zero-order valence-corrected chi connectivity index (χ0v) is 6.55. The number of rotatable bonds is 3. The second kappa shape index (κ2) is 11.2. The zero-order valence-electron chi connectivity index (χ0n) is 6.55. The van der Waals surface area contributed by atoms with Crippen LogP contribution in [0.1, 0.15) is 13.3 Å². The molecule has 0 aliphatic rings. The van der Waals surface area contributed by atoms with Crippen molar-refractivity contribution >= 4 is 5.97 Å². The average Bonchev–Trinajstić information content (AvgIpc) is 1.91. The summed E-state index contributed by atoms with van der Waals surface area (Å²) in [5.41, 5.74) is 5.08. The molecule has 0 fully saturated rings. The van der Waals surface area contributed by atoms with E-state index >= 15 is 0 Å². The van der Waals surface area contributed by atoms with E-state index in [0.717, 1.165) is 13.1 Å². The maximum absolute atomic E-state index is 9.37. The molecular weight excluding hydrogens is 132 g/mol. The lowest BCUT2D eigenvalue weighted by atomic mass is 10.5. The van der Waals surface area contributed by atoms with Gasteiger partial charge in [-0.15, -0.1) is 0 Å². The second-order valence-electron chi connectivity index (χ2n) is 1.64. The van der Waals surface area contributed by atoms with Crippen LogP contribution in [0.25, 0.3) is 0 Å². The van der Waals surface area contributed by atoms with Crippen molar-refractivity contribution in [3.05, 3.63) is 0 Å². The minimum absolute atomic E-state index is 0.222. The summed E-state index contributed by atoms with van der Waals surface area (Å²) in [6.07, 6.45) is 0.222. The van der Waals surface area contributed by atoms with E-state index in [1.165, 1.54) is 0 Å². The Morgan fingerprint density at radius 1 is 1.70 bits per heavy atom. The van der Waals surface area contributed by atoms with Crippen LogP contribution < -0.4 is 11.1 Å². The van der Waals surface area contributed by atoms with E-state index in [2.05, 4.69) is 5.32 Å². The molecule has 10 heavy (non-hydrogen) atoms. The summed E-state index contributed by atoms with van der Waals surface area (Å²) in [7, 11) is 1.88. The third-order valence-corrected chi connectivity index (χ3v) is 0.697. The highest BCUT2D eigenvalue weighted by atomic mass is 16.4. The standard InChI is InChI=1S/C3H10N2.C3H6O2/c1-5-3-2-4;1-2-3(4)5/h5H,2-4H2,1H3;2H2,1H3,(H,4,5). The van der Waals surface area contributed by atoms with Crippen LogP contribution >= 0.6 is 0 Å². The largest absolute Gasteiger partial charge is 0.481 e. The quantitative estimate of drug-likeness (QED) is 0.511. The highest BCUT2D eigenvalue weighted by molar-refractivity contribution is 5.66. The van der Waals surface area contributed by atoms with Crippen LogP contribution in [-0.2, 0) is 4.79 Å². The van der Waals surface area contributed by atoms with Gasteiger partial charge in [-0.05, 0) is 7.05 Å². The first-order valence-electron chi connectivity index (χ1n) is 3.25. The molecule has 0 amide bonds. The maximum atomic E-state index is 9.37. The molecular formula is C6H16N2O2. The van der Waals surface area contributed by atoms with Crippen molar-refractivity contribution in [3.63, 3.8) is 0 Å². The summed E-state index contributed by atoms with van der Waals surface area (Å²) in [6.45, 7) is 3.25. The Morgan fingerprint density at radius 2 is 2.10 bits per heavy atom. The summed E-state index contributed by atoms with van der Waals surface area (Å²) in [5, 5.41) is 10.6. The second-order valence-corrected chi connectivity index (χ2v) is 1.64. The van der Waals surface area contributed by atoms with E-state index in [4.69, 9.17) is 10.8 Å². The molecule has 0 aromatic rings. The summed E-state index contributed by atoms with van der Waals surface area (Å²) in [4.78, 5) is 9.37. The number of hydrogen-bond donors (Lipinski definition) is 3. The Hall–Kier alpha value is -0.610. The Labute approximate surface area is 61.4 Å². The van der Waals surface area contributed by atoms with Gasteiger partial charge in [-0.3, -0.25) is 4.79 Å². The van der Waals surface area contributed by atoms with E-state index in [1.807, 2.05) is 7.05 Å². The first-order chi connectivity index (χ1) is 4.68. The minimum Gasteiger partial charge on any atom is -0.481 e. The fraction of sp³-hybridized carbons (Fsp3) is 0.833. The Kier molecular flexibility index (Phi) is 13.6. The summed E-state index contributed by atoms with van der Waals surface area (Å²) in [5.74, 6) is -0.745. The Morgan fingerprint density at radius 3 is 2.10 bits per heavy atom. The highest BCUT2D eigenvalue weighted by Gasteiger charge is 1.80. The molecule has 0 rings (SSSR count). The van der Waals surface area contributed by atoms with Gasteiger partial charge in [0.25, 0.3) is 0 Å². The maximum Gasteiger partial charge on any atom is 0.303 e. The normalized spacial score (nSPS) is 7.90. The fourth-order valence-corrected chi connectivity index (χ4v) is 0.144. The molecule has 0 radical (unpaired) electrons. The number of carboxylic acid groups (broad SMARTS) is 1. The van der Waals surface area contributed by atoms with Crippen molar-refractivity contribution < 1.29 is 9.90 Å². The zero-order chi connectivity index (χ0) is 8.41. The molecule has 0 heterocycles. The predicted octanol–water partition coefficient (Wildman–Crippen LogP) is -0.354. The van der Waals surface area contributed by atoms with Crippen LogP contribution in [0.5, 0.6) is 0 Å². The van der Waals surface area contributed by atoms with Gasteiger partial charge in [0.15, 0.2) is 0 Å². The lowest BCUT2D eigenvalue weighted by molar-refractivity contribution is -0.136. The van der Waals surface area contributed by atoms with Crippen LogP contribution in [0.15, 0.2) is 0 Å². The number of nitrogens with one attached hydrogen (secondary N) is 1. The number of carboxylic acids is 1. The lowest BCUT2D eigenvalue weighted by Gasteiger charge is -1.85. The van der Waals surface area contributed by atoms with E-state index in [-0.39, 0.29) is 6.42 Å². The van der Waals surface area contributed by atoms with E-state index in [1.54, 1.807) is 6.92 Å². The van der Waals surface area contributed by atoms with Gasteiger partial charge < -0.3 is 16.2 Å². The molecule has 0 saturated carbocycles. The van der Waals surface area contributed by atoms with Gasteiger partial charge in [0.1, 0.15) is 0 Å². The van der Waals surface area contributed by atoms with Gasteiger partial charge in [0, 0.05) is 19.5 Å². The predicted molar refractivity (Wildman–Crippen MR) is 40.9 cm³/mol. The number of likely N-dealkylation sites (N-methyl/N-ethyl adjacent to an activating group) is 1. The number of carbonyl (C=O) groups is 1. The summed E-state index contributed by atoms with van der Waals surface area (Å²) in [6, 6.07) is 0. The van der Waals surface area contributed by atoms with Crippen molar-refractivity contribution in [2.75, 3.05) is 20.1 Å². The van der Waals surface area contributed by atoms with Gasteiger partial charge in [0.2, 0.25) is 0 Å². The number of aliphatic carboxylic acids is 1. The molecule has 4 heteroatoms. The molecule has 0 unspecified atom stereocenters. The number of nitrogens with two attached hydrogens (primary N) is 1. The SMILES string of the molecule is CCC(=O)O.CNCCN. The van der Waals surface area contributed by atoms with Crippen LogP contribution in [0.2, 0.25) is 0 Å². The molecule has 0 bridgehead atoms. The van der Waals surface area contributed by atoms with Gasteiger partial charge in [-0.25, -0.2) is 0 Å². The third kappa shape index (κ3) is 26.3. The van der Waals surface area contributed by atoms with Gasteiger partial charge in [-0.1, -0.05) is 6.92 Å². The van der Waals surface area contributed by atoms with Crippen LogP contribution in [0.3, 0.4) is 0 Å². The molecule has 62 valence electrons. The summed E-state index contributed by atoms with van der Waals surface area (Å²) >= 11 is 0. The van der Waals surface area contributed by atoms with Crippen LogP contribution in [0.4, 0.5) is 0 Å².